The van der Waals surface area contributed by atoms with E-state index in [1.807, 2.05) is 23.8 Å². The Hall–Kier alpha value is -2.59. The van der Waals surface area contributed by atoms with Crippen LogP contribution < -0.4 is 0 Å². The number of aliphatic imine (C=N–C) groups is 1. The number of thiophene rings is 1. The Morgan fingerprint density at radius 2 is 2.30 bits per heavy atom. The van der Waals surface area contributed by atoms with Gasteiger partial charge in [-0.15, -0.1) is 10.2 Å². The number of rotatable bonds is 3. The molecule has 0 saturated carbocycles. The fourth-order valence-electron chi connectivity index (χ4n) is 3.00. The summed E-state index contributed by atoms with van der Waals surface area (Å²) in [5.41, 5.74) is 1.05. The van der Waals surface area contributed by atoms with E-state index in [0.717, 1.165) is 21.7 Å². The van der Waals surface area contributed by atoms with Crippen LogP contribution in [0.1, 0.15) is 18.8 Å². The molecule has 4 rings (SSSR count). The molecule has 0 spiro atoms. The summed E-state index contributed by atoms with van der Waals surface area (Å²) in [7, 11) is 0. The fraction of sp³-hybridized carbons (Fsp3) is 0.235. The average molecular weight is 446 g/mol. The van der Waals surface area contributed by atoms with Crippen LogP contribution in [0.15, 0.2) is 50.0 Å². The summed E-state index contributed by atoms with van der Waals surface area (Å²) in [6.45, 7) is 6.95. The highest BCUT2D eigenvalue weighted by molar-refractivity contribution is 9.12. The van der Waals surface area contributed by atoms with Gasteiger partial charge in [0.25, 0.3) is 5.91 Å². The highest BCUT2D eigenvalue weighted by Crippen LogP contribution is 2.29. The lowest BCUT2D eigenvalue weighted by Crippen LogP contribution is -2.42. The van der Waals surface area contributed by atoms with Crippen molar-refractivity contribution in [2.75, 3.05) is 6.54 Å². The molecule has 4 heterocycles. The molecule has 0 bridgehead atoms. The Morgan fingerprint density at radius 3 is 3.07 bits per heavy atom. The minimum Gasteiger partial charge on any atom is -0.326 e. The van der Waals surface area contributed by atoms with Crippen LogP contribution in [0, 0.1) is 0 Å². The zero-order chi connectivity index (χ0) is 19.0. The summed E-state index contributed by atoms with van der Waals surface area (Å²) in [4.78, 5) is 18.5. The van der Waals surface area contributed by atoms with Crippen LogP contribution in [0.2, 0.25) is 0 Å². The van der Waals surface area contributed by atoms with E-state index in [-0.39, 0.29) is 11.9 Å². The lowest BCUT2D eigenvalue weighted by atomic mass is 10.2. The zero-order valence-corrected chi connectivity index (χ0v) is 16.9. The quantitative estimate of drug-likeness (QED) is 0.680. The summed E-state index contributed by atoms with van der Waals surface area (Å²) in [6.07, 6.45) is 4.61. The summed E-state index contributed by atoms with van der Waals surface area (Å²) >= 11 is 4.95. The number of allylic oxidation sites excluding steroid dienone is 1. The second-order valence-electron chi connectivity index (χ2n) is 6.03. The van der Waals surface area contributed by atoms with Crippen LogP contribution in [0.4, 0.5) is 0 Å². The Balaban J connectivity index is 1.51. The Labute approximate surface area is 168 Å². The van der Waals surface area contributed by atoms with Gasteiger partial charge in [0.1, 0.15) is 12.0 Å². The van der Waals surface area contributed by atoms with Crippen LogP contribution in [-0.4, -0.2) is 49.6 Å². The molecule has 1 amide bonds. The molecular weight excluding hydrogens is 430 g/mol. The molecular formula is C17H16BrN7OS. The number of carbonyl (C=O) groups excluding carboxylic acids is 1. The molecule has 0 saturated heterocycles. The first kappa shape index (κ1) is 17.8. The lowest BCUT2D eigenvalue weighted by Gasteiger charge is -2.32. The van der Waals surface area contributed by atoms with Gasteiger partial charge in [-0.25, -0.2) is 10.0 Å². The van der Waals surface area contributed by atoms with E-state index in [4.69, 9.17) is 0 Å². The molecule has 0 radical (unpaired) electrons. The Morgan fingerprint density at radius 1 is 1.44 bits per heavy atom. The molecule has 27 heavy (non-hydrogen) atoms. The van der Waals surface area contributed by atoms with Crippen molar-refractivity contribution >= 4 is 45.6 Å². The van der Waals surface area contributed by atoms with Gasteiger partial charge in [-0.2, -0.15) is 16.4 Å². The van der Waals surface area contributed by atoms with Gasteiger partial charge in [-0.3, -0.25) is 4.79 Å². The maximum Gasteiger partial charge on any atom is 0.267 e. The van der Waals surface area contributed by atoms with E-state index in [1.165, 1.54) is 11.2 Å². The number of nitrogens with zero attached hydrogens (tertiary/aromatic N) is 7. The molecule has 0 aliphatic carbocycles. The summed E-state index contributed by atoms with van der Waals surface area (Å²) in [5.74, 6) is 1.87. The summed E-state index contributed by atoms with van der Waals surface area (Å²) in [6, 6.07) is 1.83. The molecule has 2 aliphatic heterocycles. The van der Waals surface area contributed by atoms with Gasteiger partial charge in [0.05, 0.1) is 10.5 Å². The van der Waals surface area contributed by atoms with Crippen molar-refractivity contribution in [3.63, 3.8) is 0 Å². The zero-order valence-electron chi connectivity index (χ0n) is 14.5. The first-order valence-electron chi connectivity index (χ1n) is 8.24. The third-order valence-corrected chi connectivity index (χ3v) is 5.48. The number of hydrogen-bond acceptors (Lipinski definition) is 7. The first-order valence-corrected chi connectivity index (χ1v) is 9.98. The maximum absolute atomic E-state index is 12.7. The van der Waals surface area contributed by atoms with Gasteiger partial charge >= 0.3 is 0 Å². The van der Waals surface area contributed by atoms with Crippen molar-refractivity contribution in [1.29, 1.82) is 0 Å². The molecule has 0 aromatic carbocycles. The maximum atomic E-state index is 12.7. The first-order chi connectivity index (χ1) is 13.0. The highest BCUT2D eigenvalue weighted by Gasteiger charge is 2.31. The topological polar surface area (TPSA) is 79.0 Å². The molecule has 1 atom stereocenters. The van der Waals surface area contributed by atoms with E-state index >= 15 is 0 Å². The number of amides is 1. The number of carbonyl (C=O) groups is 1. The van der Waals surface area contributed by atoms with Gasteiger partial charge < -0.3 is 9.47 Å². The Bertz CT molecular complexity index is 976. The highest BCUT2D eigenvalue weighted by atomic mass is 79.9. The van der Waals surface area contributed by atoms with Crippen LogP contribution in [0.25, 0.3) is 11.4 Å². The summed E-state index contributed by atoms with van der Waals surface area (Å²) in [5, 5.41) is 18.3. The van der Waals surface area contributed by atoms with Gasteiger partial charge in [0, 0.05) is 36.4 Å². The largest absolute Gasteiger partial charge is 0.326 e. The van der Waals surface area contributed by atoms with Crippen molar-refractivity contribution < 1.29 is 4.79 Å². The van der Waals surface area contributed by atoms with Gasteiger partial charge in [-0.1, -0.05) is 6.58 Å². The molecule has 2 aliphatic rings. The molecule has 1 unspecified atom stereocenters. The predicted octanol–water partition coefficient (Wildman–Crippen LogP) is 2.99. The van der Waals surface area contributed by atoms with Crippen molar-refractivity contribution in [3.05, 3.63) is 45.7 Å². The van der Waals surface area contributed by atoms with E-state index < -0.39 is 0 Å². The molecule has 2 aromatic heterocycles. The standard InChI is InChI=1S/C17H16BrN7OS/c1-11-16-21-22-17(13-3-6-27-10-13)24(16)5-4-23(11)15(26)8-20-25-9-14(18)7-19-12(25)2/h3,6-11H,2,4-5H2,1H3/b20-8+. The van der Waals surface area contributed by atoms with E-state index in [2.05, 4.69) is 47.4 Å². The molecule has 0 fully saturated rings. The number of halogens is 1. The third-order valence-electron chi connectivity index (χ3n) is 4.39. The molecule has 8 nitrogen and oxygen atoms in total. The number of fused-ring (bicyclic) bond motifs is 1. The Kier molecular flexibility index (Phi) is 4.75. The third kappa shape index (κ3) is 3.37. The fourth-order valence-corrected chi connectivity index (χ4v) is 3.93. The number of hydrazone groups is 1. The van der Waals surface area contributed by atoms with Crippen molar-refractivity contribution in [3.8, 4) is 11.4 Å². The van der Waals surface area contributed by atoms with Crippen molar-refractivity contribution in [1.82, 2.24) is 24.7 Å². The van der Waals surface area contributed by atoms with E-state index in [1.54, 1.807) is 28.7 Å². The predicted molar refractivity (Wildman–Crippen MR) is 108 cm³/mol. The molecule has 10 heteroatoms. The van der Waals surface area contributed by atoms with Crippen LogP contribution in [-0.2, 0) is 11.3 Å². The SMILES string of the molecule is C=C1N=CC(Br)=CN1/N=C/C(=O)N1CCn2c(-c3ccsc3)nnc2C1C. The van der Waals surface area contributed by atoms with Gasteiger partial charge in [0.15, 0.2) is 11.6 Å². The second kappa shape index (κ2) is 7.20. The summed E-state index contributed by atoms with van der Waals surface area (Å²) < 4.78 is 2.83. The van der Waals surface area contributed by atoms with Crippen molar-refractivity contribution in [2.45, 2.75) is 19.5 Å². The van der Waals surface area contributed by atoms with Gasteiger partial charge in [-0.05, 0) is 34.3 Å². The molecule has 2 aromatic rings. The smallest absolute Gasteiger partial charge is 0.267 e. The van der Waals surface area contributed by atoms with E-state index in [0.29, 0.717) is 18.9 Å². The number of hydrogen-bond donors (Lipinski definition) is 0. The lowest BCUT2D eigenvalue weighted by molar-refractivity contribution is -0.126. The minimum atomic E-state index is -0.194. The van der Waals surface area contributed by atoms with Crippen molar-refractivity contribution in [2.24, 2.45) is 10.1 Å². The average Bonchev–Trinajstić information content (AvgIpc) is 3.32. The van der Waals surface area contributed by atoms with Crippen LogP contribution in [0.5, 0.6) is 0 Å². The van der Waals surface area contributed by atoms with Crippen LogP contribution in [0.3, 0.4) is 0 Å². The monoisotopic (exact) mass is 445 g/mol. The molecule has 0 N–H and O–H groups in total. The molecule has 138 valence electrons. The normalized spacial score (nSPS) is 19.6. The number of aromatic nitrogens is 3. The minimum absolute atomic E-state index is 0.192. The second-order valence-corrected chi connectivity index (χ2v) is 7.73. The van der Waals surface area contributed by atoms with E-state index in [9.17, 15) is 4.79 Å². The van der Waals surface area contributed by atoms with Gasteiger partial charge in [0.2, 0.25) is 0 Å². The van der Waals surface area contributed by atoms with Crippen LogP contribution >= 0.6 is 27.3 Å².